The summed E-state index contributed by atoms with van der Waals surface area (Å²) in [6.07, 6.45) is 0. The first-order valence-corrected chi connectivity index (χ1v) is 10.8. The van der Waals surface area contributed by atoms with Crippen LogP contribution in [-0.4, -0.2) is 35.7 Å². The highest BCUT2D eigenvalue weighted by Crippen LogP contribution is 2.36. The average Bonchev–Trinajstić information content (AvgIpc) is 3.06. The highest BCUT2D eigenvalue weighted by molar-refractivity contribution is 7.90. The van der Waals surface area contributed by atoms with Crippen LogP contribution >= 0.6 is 0 Å². The van der Waals surface area contributed by atoms with Gasteiger partial charge in [0.05, 0.1) is 27.1 Å². The largest absolute Gasteiger partial charge is 0.494 e. The van der Waals surface area contributed by atoms with Gasteiger partial charge in [0, 0.05) is 0 Å². The molecular formula is C20H24BN3O4S. The molecule has 2 N–H and O–H groups in total. The second kappa shape index (κ2) is 6.32. The predicted octanol–water partition coefficient (Wildman–Crippen LogP) is 2.46. The zero-order chi connectivity index (χ0) is 21.2. The van der Waals surface area contributed by atoms with Crippen molar-refractivity contribution in [2.24, 2.45) is 0 Å². The molecule has 0 amide bonds. The number of aryl methyl sites for hydroxylation is 1. The van der Waals surface area contributed by atoms with Crippen LogP contribution in [0, 0.1) is 6.92 Å². The lowest BCUT2D eigenvalue weighted by molar-refractivity contribution is 0.00578. The summed E-state index contributed by atoms with van der Waals surface area (Å²) in [6, 6.07) is 11.9. The van der Waals surface area contributed by atoms with Gasteiger partial charge in [0.15, 0.2) is 0 Å². The Morgan fingerprint density at radius 2 is 1.59 bits per heavy atom. The minimum absolute atomic E-state index is 0.0911. The third-order valence-corrected chi connectivity index (χ3v) is 7.48. The van der Waals surface area contributed by atoms with Gasteiger partial charge in [-0.2, -0.15) is 0 Å². The van der Waals surface area contributed by atoms with Crippen molar-refractivity contribution in [2.75, 3.05) is 5.73 Å². The number of fused-ring (bicyclic) bond motifs is 1. The van der Waals surface area contributed by atoms with Crippen molar-refractivity contribution in [1.82, 2.24) is 8.96 Å². The van der Waals surface area contributed by atoms with Crippen LogP contribution in [0.1, 0.15) is 33.3 Å². The zero-order valence-electron chi connectivity index (χ0n) is 17.1. The monoisotopic (exact) mass is 413 g/mol. The van der Waals surface area contributed by atoms with E-state index in [2.05, 4.69) is 4.98 Å². The van der Waals surface area contributed by atoms with E-state index >= 15 is 0 Å². The molecule has 0 bridgehead atoms. The summed E-state index contributed by atoms with van der Waals surface area (Å²) in [6.45, 7) is 9.77. The zero-order valence-corrected chi connectivity index (χ0v) is 17.9. The maximum Gasteiger partial charge on any atom is 0.494 e. The molecule has 1 saturated heterocycles. The minimum atomic E-state index is -3.91. The summed E-state index contributed by atoms with van der Waals surface area (Å²) in [5, 5.41) is 0. The lowest BCUT2D eigenvalue weighted by Gasteiger charge is -2.32. The van der Waals surface area contributed by atoms with E-state index in [-0.39, 0.29) is 10.8 Å². The first-order valence-electron chi connectivity index (χ1n) is 9.38. The van der Waals surface area contributed by atoms with E-state index in [1.54, 1.807) is 36.4 Å². The third-order valence-electron chi connectivity index (χ3n) is 5.75. The summed E-state index contributed by atoms with van der Waals surface area (Å²) in [4.78, 5) is 4.38. The number of imidazole rings is 1. The van der Waals surface area contributed by atoms with Gasteiger partial charge in [-0.25, -0.2) is 17.4 Å². The molecule has 2 aromatic carbocycles. The second-order valence-corrected chi connectivity index (χ2v) is 10.2. The van der Waals surface area contributed by atoms with Gasteiger partial charge < -0.3 is 15.0 Å². The molecule has 0 aliphatic carbocycles. The molecule has 4 rings (SSSR count). The van der Waals surface area contributed by atoms with E-state index in [9.17, 15) is 8.42 Å². The van der Waals surface area contributed by atoms with E-state index in [0.717, 1.165) is 9.54 Å². The van der Waals surface area contributed by atoms with E-state index in [0.29, 0.717) is 16.5 Å². The maximum atomic E-state index is 13.3. The number of hydrogen-bond donors (Lipinski definition) is 1. The highest BCUT2D eigenvalue weighted by Gasteiger charge is 2.51. The molecule has 7 nitrogen and oxygen atoms in total. The van der Waals surface area contributed by atoms with Crippen LogP contribution in [0.2, 0.25) is 0 Å². The summed E-state index contributed by atoms with van der Waals surface area (Å²) < 4.78 is 39.8. The number of rotatable bonds is 3. The van der Waals surface area contributed by atoms with Crippen molar-refractivity contribution in [3.05, 3.63) is 48.0 Å². The molecule has 0 radical (unpaired) electrons. The Bertz CT molecular complexity index is 1180. The summed E-state index contributed by atoms with van der Waals surface area (Å²) in [5.41, 5.74) is 7.55. The molecule has 1 fully saturated rings. The molecule has 1 aliphatic rings. The Balaban J connectivity index is 1.84. The number of nitrogens with two attached hydrogens (primary N) is 1. The fraction of sp³-hybridized carbons (Fsp3) is 0.350. The number of hydrogen-bond acceptors (Lipinski definition) is 6. The fourth-order valence-electron chi connectivity index (χ4n) is 3.28. The van der Waals surface area contributed by atoms with Crippen molar-refractivity contribution in [1.29, 1.82) is 0 Å². The average molecular weight is 413 g/mol. The molecule has 29 heavy (non-hydrogen) atoms. The molecule has 2 heterocycles. The van der Waals surface area contributed by atoms with Gasteiger partial charge in [-0.1, -0.05) is 23.8 Å². The Kier molecular flexibility index (Phi) is 4.35. The first-order chi connectivity index (χ1) is 13.4. The van der Waals surface area contributed by atoms with Crippen LogP contribution in [0.25, 0.3) is 11.0 Å². The summed E-state index contributed by atoms with van der Waals surface area (Å²) >= 11 is 0. The number of anilines is 1. The van der Waals surface area contributed by atoms with Crippen molar-refractivity contribution in [3.63, 3.8) is 0 Å². The topological polar surface area (TPSA) is 96.4 Å². The molecule has 0 atom stereocenters. The first kappa shape index (κ1) is 19.9. The van der Waals surface area contributed by atoms with Gasteiger partial charge in [0.1, 0.15) is 0 Å². The van der Waals surface area contributed by atoms with E-state index in [4.69, 9.17) is 15.0 Å². The number of nitrogen functional groups attached to an aromatic ring is 1. The van der Waals surface area contributed by atoms with Gasteiger partial charge >= 0.3 is 7.12 Å². The molecule has 1 aromatic heterocycles. The van der Waals surface area contributed by atoms with Gasteiger partial charge in [0.25, 0.3) is 10.0 Å². The van der Waals surface area contributed by atoms with Crippen molar-refractivity contribution in [2.45, 2.75) is 50.7 Å². The smallest absolute Gasteiger partial charge is 0.399 e. The van der Waals surface area contributed by atoms with Crippen LogP contribution in [0.5, 0.6) is 0 Å². The lowest BCUT2D eigenvalue weighted by Crippen LogP contribution is -2.41. The number of aromatic nitrogens is 2. The Morgan fingerprint density at radius 1 is 1.00 bits per heavy atom. The predicted molar refractivity (Wildman–Crippen MR) is 114 cm³/mol. The molecule has 0 unspecified atom stereocenters. The van der Waals surface area contributed by atoms with Gasteiger partial charge in [-0.05, 0) is 64.3 Å². The minimum Gasteiger partial charge on any atom is -0.399 e. The van der Waals surface area contributed by atoms with Gasteiger partial charge in [0.2, 0.25) is 5.95 Å². The third kappa shape index (κ3) is 3.13. The van der Waals surface area contributed by atoms with Crippen molar-refractivity contribution in [3.8, 4) is 0 Å². The van der Waals surface area contributed by atoms with Crippen LogP contribution < -0.4 is 11.2 Å². The molecule has 9 heteroatoms. The second-order valence-electron chi connectivity index (χ2n) is 8.39. The fourth-order valence-corrected chi connectivity index (χ4v) is 4.67. The van der Waals surface area contributed by atoms with Crippen LogP contribution in [0.4, 0.5) is 5.95 Å². The molecule has 0 spiro atoms. The van der Waals surface area contributed by atoms with Gasteiger partial charge in [-0.15, -0.1) is 0 Å². The van der Waals surface area contributed by atoms with E-state index < -0.39 is 28.3 Å². The van der Waals surface area contributed by atoms with Crippen LogP contribution in [0.15, 0.2) is 47.4 Å². The molecule has 152 valence electrons. The Labute approximate surface area is 171 Å². The molecule has 1 aliphatic heterocycles. The van der Waals surface area contributed by atoms with Crippen LogP contribution in [0.3, 0.4) is 0 Å². The molecule has 3 aromatic rings. The van der Waals surface area contributed by atoms with E-state index in [1.165, 1.54) is 0 Å². The van der Waals surface area contributed by atoms with Crippen molar-refractivity contribution < 1.29 is 17.7 Å². The normalized spacial score (nSPS) is 18.4. The van der Waals surface area contributed by atoms with Crippen LogP contribution in [-0.2, 0) is 19.3 Å². The number of nitrogens with zero attached hydrogens (tertiary/aromatic N) is 2. The van der Waals surface area contributed by atoms with Gasteiger partial charge in [-0.3, -0.25) is 0 Å². The summed E-state index contributed by atoms with van der Waals surface area (Å²) in [5.74, 6) is -0.0911. The Hall–Kier alpha value is -2.36. The quantitative estimate of drug-likeness (QED) is 0.663. The summed E-state index contributed by atoms with van der Waals surface area (Å²) in [7, 11) is -4.52. The molecular weight excluding hydrogens is 389 g/mol. The standard InChI is InChI=1S/C20H24BN3O4S/c1-13-6-9-15(10-7-13)29(25,26)24-17-12-14(8-11-16(17)23-18(24)22)21-27-19(2,3)20(4,5)28-21/h6-12H,1-5H3,(H2,22,23). The highest BCUT2D eigenvalue weighted by atomic mass is 32.2. The maximum absolute atomic E-state index is 13.3. The molecule has 0 saturated carbocycles. The lowest BCUT2D eigenvalue weighted by atomic mass is 9.79. The Morgan fingerprint density at radius 3 is 2.17 bits per heavy atom. The van der Waals surface area contributed by atoms with E-state index in [1.807, 2.05) is 40.7 Å². The van der Waals surface area contributed by atoms with Crippen molar-refractivity contribution >= 4 is 39.6 Å². The SMILES string of the molecule is Cc1ccc(S(=O)(=O)n2c(N)nc3ccc(B4OC(C)(C)C(C)(C)O4)cc32)cc1. The number of benzene rings is 2.